The molecule has 0 saturated carbocycles. The smallest absolute Gasteiger partial charge is 0.419 e. The van der Waals surface area contributed by atoms with E-state index in [-0.39, 0.29) is 5.56 Å². The fourth-order valence-corrected chi connectivity index (χ4v) is 1.17. The molecule has 0 bridgehead atoms. The molecule has 0 N–H and O–H groups in total. The second kappa shape index (κ2) is 4.57. The van der Waals surface area contributed by atoms with Crippen molar-refractivity contribution in [1.82, 2.24) is 0 Å². The van der Waals surface area contributed by atoms with Gasteiger partial charge in [-0.25, -0.2) is 0 Å². The number of ether oxygens (including phenoxy) is 1. The zero-order valence-corrected chi connectivity index (χ0v) is 8.56. The van der Waals surface area contributed by atoms with Gasteiger partial charge in [-0.3, -0.25) is 0 Å². The van der Waals surface area contributed by atoms with Gasteiger partial charge in [-0.15, -0.1) is 0 Å². The van der Waals surface area contributed by atoms with E-state index in [0.717, 1.165) is 0 Å². The molecule has 1 aromatic carbocycles. The Morgan fingerprint density at radius 3 is 2.20 bits per heavy atom. The maximum absolute atomic E-state index is 12.5. The Morgan fingerprint density at radius 2 is 1.80 bits per heavy atom. The summed E-state index contributed by atoms with van der Waals surface area (Å²) in [6.07, 6.45) is -3.77. The molecule has 0 saturated heterocycles. The number of rotatable bonds is 2. The molecule has 0 aliphatic rings. The van der Waals surface area contributed by atoms with E-state index in [1.165, 1.54) is 31.4 Å². The van der Waals surface area contributed by atoms with Crippen LogP contribution >= 0.6 is 11.6 Å². The van der Waals surface area contributed by atoms with Crippen LogP contribution in [0.4, 0.5) is 13.2 Å². The van der Waals surface area contributed by atoms with Crippen LogP contribution in [0.2, 0.25) is 5.02 Å². The number of alkyl halides is 3. The van der Waals surface area contributed by atoms with Crippen molar-refractivity contribution >= 4 is 17.2 Å². The first-order chi connectivity index (χ1) is 6.95. The summed E-state index contributed by atoms with van der Waals surface area (Å²) < 4.78 is 41.9. The monoisotopic (exact) mass is 236 g/mol. The number of hydrogen-bond acceptors (Lipinski definition) is 1. The summed E-state index contributed by atoms with van der Waals surface area (Å²) in [5.74, 6) is 0. The summed E-state index contributed by atoms with van der Waals surface area (Å²) in [6, 6.07) is 5.37. The molecule has 0 unspecified atom stereocenters. The van der Waals surface area contributed by atoms with Crippen LogP contribution in [-0.2, 0) is 4.74 Å². The molecule has 1 aromatic rings. The molecule has 1 rings (SSSR count). The molecular formula is C10H8ClF3O. The SMILES string of the molecule is CO/C=C(/c1ccc(Cl)cc1)C(F)(F)F. The average molecular weight is 237 g/mol. The summed E-state index contributed by atoms with van der Waals surface area (Å²) in [5, 5.41) is 0.387. The van der Waals surface area contributed by atoms with Gasteiger partial charge in [-0.05, 0) is 17.7 Å². The van der Waals surface area contributed by atoms with E-state index in [1.807, 2.05) is 0 Å². The summed E-state index contributed by atoms with van der Waals surface area (Å²) in [4.78, 5) is 0. The lowest BCUT2D eigenvalue weighted by Gasteiger charge is -2.11. The van der Waals surface area contributed by atoms with Gasteiger partial charge >= 0.3 is 6.18 Å². The number of allylic oxidation sites excluding steroid dienone is 1. The van der Waals surface area contributed by atoms with Crippen LogP contribution in [0.1, 0.15) is 5.56 Å². The van der Waals surface area contributed by atoms with Crippen molar-refractivity contribution in [1.29, 1.82) is 0 Å². The first kappa shape index (κ1) is 11.9. The van der Waals surface area contributed by atoms with Crippen LogP contribution in [-0.4, -0.2) is 13.3 Å². The topological polar surface area (TPSA) is 9.23 Å². The molecule has 0 radical (unpaired) electrons. The van der Waals surface area contributed by atoms with E-state index in [0.29, 0.717) is 11.3 Å². The van der Waals surface area contributed by atoms with Gasteiger partial charge in [0, 0.05) is 5.02 Å². The van der Waals surface area contributed by atoms with Crippen LogP contribution < -0.4 is 0 Å². The van der Waals surface area contributed by atoms with Gasteiger partial charge < -0.3 is 4.74 Å². The lowest BCUT2D eigenvalue weighted by atomic mass is 10.1. The zero-order chi connectivity index (χ0) is 11.5. The summed E-state index contributed by atoms with van der Waals surface area (Å²) in [7, 11) is 1.17. The van der Waals surface area contributed by atoms with Crippen molar-refractivity contribution < 1.29 is 17.9 Å². The van der Waals surface area contributed by atoms with Crippen molar-refractivity contribution in [2.24, 2.45) is 0 Å². The molecule has 0 aliphatic carbocycles. The van der Waals surface area contributed by atoms with Crippen LogP contribution in [0, 0.1) is 0 Å². The first-order valence-electron chi connectivity index (χ1n) is 4.01. The van der Waals surface area contributed by atoms with Gasteiger partial charge in [0.25, 0.3) is 0 Å². The highest BCUT2D eigenvalue weighted by Crippen LogP contribution is 2.34. The van der Waals surface area contributed by atoms with Crippen LogP contribution in [0.5, 0.6) is 0 Å². The van der Waals surface area contributed by atoms with Crippen LogP contribution in [0.15, 0.2) is 30.5 Å². The van der Waals surface area contributed by atoms with Crippen LogP contribution in [0.25, 0.3) is 5.57 Å². The van der Waals surface area contributed by atoms with Gasteiger partial charge in [0.2, 0.25) is 0 Å². The van der Waals surface area contributed by atoms with E-state index in [4.69, 9.17) is 11.6 Å². The minimum absolute atomic E-state index is 0.0220. The van der Waals surface area contributed by atoms with E-state index in [1.54, 1.807) is 0 Å². The molecule has 0 atom stereocenters. The third kappa shape index (κ3) is 3.16. The average Bonchev–Trinajstić information content (AvgIpc) is 2.14. The van der Waals surface area contributed by atoms with Gasteiger partial charge in [-0.1, -0.05) is 23.7 Å². The maximum Gasteiger partial charge on any atom is 0.419 e. The fraction of sp³-hybridized carbons (Fsp3) is 0.200. The van der Waals surface area contributed by atoms with E-state index >= 15 is 0 Å². The minimum atomic E-state index is -4.44. The molecule has 0 heterocycles. The van der Waals surface area contributed by atoms with E-state index in [2.05, 4.69) is 4.74 Å². The first-order valence-corrected chi connectivity index (χ1v) is 4.39. The van der Waals surface area contributed by atoms with Crippen molar-refractivity contribution in [2.75, 3.05) is 7.11 Å². The molecule has 82 valence electrons. The lowest BCUT2D eigenvalue weighted by Crippen LogP contribution is -2.11. The molecule has 5 heteroatoms. The minimum Gasteiger partial charge on any atom is -0.504 e. The maximum atomic E-state index is 12.5. The van der Waals surface area contributed by atoms with Gasteiger partial charge in [-0.2, -0.15) is 13.2 Å². The molecule has 15 heavy (non-hydrogen) atoms. The lowest BCUT2D eigenvalue weighted by molar-refractivity contribution is -0.0701. The summed E-state index contributed by atoms with van der Waals surface area (Å²) in [6.45, 7) is 0. The Balaban J connectivity index is 3.11. The highest BCUT2D eigenvalue weighted by atomic mass is 35.5. The molecule has 0 amide bonds. The second-order valence-electron chi connectivity index (χ2n) is 2.77. The standard InChI is InChI=1S/C10H8ClF3O/c1-15-6-9(10(12,13)14)7-2-4-8(11)5-3-7/h2-6H,1H3/b9-6-. The number of halogens is 4. The van der Waals surface area contributed by atoms with Crippen molar-refractivity contribution in [2.45, 2.75) is 6.18 Å². The number of methoxy groups -OCH3 is 1. The Hall–Kier alpha value is -1.16. The van der Waals surface area contributed by atoms with Gasteiger partial charge in [0.05, 0.1) is 18.9 Å². The van der Waals surface area contributed by atoms with E-state index < -0.39 is 11.7 Å². The van der Waals surface area contributed by atoms with Crippen LogP contribution in [0.3, 0.4) is 0 Å². The Kier molecular flexibility index (Phi) is 3.63. The summed E-state index contributed by atoms with van der Waals surface area (Å²) in [5.41, 5.74) is -0.810. The predicted molar refractivity (Wildman–Crippen MR) is 52.5 cm³/mol. The zero-order valence-electron chi connectivity index (χ0n) is 7.81. The Morgan fingerprint density at radius 1 is 1.27 bits per heavy atom. The molecular weight excluding hydrogens is 229 g/mol. The third-order valence-corrected chi connectivity index (χ3v) is 1.95. The molecule has 0 spiro atoms. The fourth-order valence-electron chi connectivity index (χ4n) is 1.05. The Bertz CT molecular complexity index is 354. The van der Waals surface area contributed by atoms with Crippen molar-refractivity contribution in [3.05, 3.63) is 41.1 Å². The van der Waals surface area contributed by atoms with Gasteiger partial charge in [0.1, 0.15) is 0 Å². The number of hydrogen-bond donors (Lipinski definition) is 0. The molecule has 0 aromatic heterocycles. The van der Waals surface area contributed by atoms with Crippen molar-refractivity contribution in [3.63, 3.8) is 0 Å². The molecule has 0 aliphatic heterocycles. The normalized spacial score (nSPS) is 12.7. The Labute approximate surface area is 90.1 Å². The highest BCUT2D eigenvalue weighted by Gasteiger charge is 2.35. The molecule has 0 fully saturated rings. The molecule has 1 nitrogen and oxygen atoms in total. The number of benzene rings is 1. The third-order valence-electron chi connectivity index (χ3n) is 1.70. The second-order valence-corrected chi connectivity index (χ2v) is 3.21. The van der Waals surface area contributed by atoms with Crippen molar-refractivity contribution in [3.8, 4) is 0 Å². The predicted octanol–water partition coefficient (Wildman–Crippen LogP) is 3.89. The largest absolute Gasteiger partial charge is 0.504 e. The summed E-state index contributed by atoms with van der Waals surface area (Å²) >= 11 is 5.58. The van der Waals surface area contributed by atoms with Gasteiger partial charge in [0.15, 0.2) is 0 Å². The van der Waals surface area contributed by atoms with E-state index in [9.17, 15) is 13.2 Å². The quantitative estimate of drug-likeness (QED) is 0.708. The highest BCUT2D eigenvalue weighted by molar-refractivity contribution is 6.30.